The maximum atomic E-state index is 12.6. The van der Waals surface area contributed by atoms with Crippen LogP contribution in [0.15, 0.2) is 60.8 Å². The van der Waals surface area contributed by atoms with E-state index in [2.05, 4.69) is 22.5 Å². The maximum absolute atomic E-state index is 12.6. The molecule has 0 unspecified atom stereocenters. The fourth-order valence-corrected chi connectivity index (χ4v) is 4.77. The highest BCUT2D eigenvalue weighted by atomic mass is 16.2. The summed E-state index contributed by atoms with van der Waals surface area (Å²) >= 11 is 0. The summed E-state index contributed by atoms with van der Waals surface area (Å²) in [5.41, 5.74) is 4.35. The Bertz CT molecular complexity index is 1170. The SMILES string of the molecule is O=C(CCCN1C(=O)c2ccccc2C1=O)N[C@H]1CCCc2c1cnn2Cc1ccccc1. The molecule has 3 amide bonds. The summed E-state index contributed by atoms with van der Waals surface area (Å²) in [6, 6.07) is 17.0. The number of benzene rings is 2. The molecule has 1 aliphatic carbocycles. The third-order valence-electron chi connectivity index (χ3n) is 6.44. The van der Waals surface area contributed by atoms with Gasteiger partial charge in [0.05, 0.1) is 29.9 Å². The van der Waals surface area contributed by atoms with E-state index < -0.39 is 0 Å². The Labute approximate surface area is 192 Å². The molecule has 1 atom stereocenters. The fraction of sp³-hybridized carbons (Fsp3) is 0.308. The van der Waals surface area contributed by atoms with Crippen molar-refractivity contribution >= 4 is 17.7 Å². The minimum atomic E-state index is -0.279. The van der Waals surface area contributed by atoms with Crippen molar-refractivity contribution in [3.05, 3.63) is 88.7 Å². The molecule has 33 heavy (non-hydrogen) atoms. The van der Waals surface area contributed by atoms with Crippen molar-refractivity contribution in [3.8, 4) is 0 Å². The number of carbonyl (C=O) groups excluding carboxylic acids is 3. The lowest BCUT2D eigenvalue weighted by atomic mass is 9.92. The summed E-state index contributed by atoms with van der Waals surface area (Å²) < 4.78 is 2.03. The third-order valence-corrected chi connectivity index (χ3v) is 6.44. The van der Waals surface area contributed by atoms with Gasteiger partial charge >= 0.3 is 0 Å². The van der Waals surface area contributed by atoms with E-state index in [0.29, 0.717) is 17.5 Å². The predicted octanol–water partition coefficient (Wildman–Crippen LogP) is 3.50. The Morgan fingerprint density at radius 3 is 2.42 bits per heavy atom. The van der Waals surface area contributed by atoms with Crippen molar-refractivity contribution in [2.24, 2.45) is 0 Å². The Morgan fingerprint density at radius 2 is 1.70 bits per heavy atom. The molecule has 1 aromatic heterocycles. The second-order valence-corrected chi connectivity index (χ2v) is 8.61. The molecular weight excluding hydrogens is 416 g/mol. The second-order valence-electron chi connectivity index (χ2n) is 8.61. The molecule has 2 heterocycles. The van der Waals surface area contributed by atoms with E-state index >= 15 is 0 Å². The zero-order valence-electron chi connectivity index (χ0n) is 18.4. The quantitative estimate of drug-likeness (QED) is 0.568. The molecule has 7 heteroatoms. The number of carbonyl (C=O) groups is 3. The van der Waals surface area contributed by atoms with Gasteiger partial charge in [0, 0.05) is 24.2 Å². The molecule has 5 rings (SSSR count). The highest BCUT2D eigenvalue weighted by molar-refractivity contribution is 6.21. The van der Waals surface area contributed by atoms with Crippen LogP contribution < -0.4 is 5.32 Å². The number of aromatic nitrogens is 2. The number of hydrogen-bond donors (Lipinski definition) is 1. The molecule has 0 spiro atoms. The monoisotopic (exact) mass is 442 g/mol. The zero-order valence-corrected chi connectivity index (χ0v) is 18.4. The minimum Gasteiger partial charge on any atom is -0.349 e. The van der Waals surface area contributed by atoms with Crippen LogP contribution in [0.3, 0.4) is 0 Å². The van der Waals surface area contributed by atoms with Crippen LogP contribution in [-0.2, 0) is 17.8 Å². The van der Waals surface area contributed by atoms with Gasteiger partial charge in [-0.05, 0) is 43.4 Å². The van der Waals surface area contributed by atoms with Crippen LogP contribution in [0.4, 0.5) is 0 Å². The molecule has 0 saturated carbocycles. The van der Waals surface area contributed by atoms with E-state index in [0.717, 1.165) is 31.4 Å². The third kappa shape index (κ3) is 4.18. The lowest BCUT2D eigenvalue weighted by Crippen LogP contribution is -2.33. The average Bonchev–Trinajstić information content (AvgIpc) is 3.35. The largest absolute Gasteiger partial charge is 0.349 e. The summed E-state index contributed by atoms with van der Waals surface area (Å²) in [5, 5.41) is 7.72. The summed E-state index contributed by atoms with van der Waals surface area (Å²) in [7, 11) is 0. The van der Waals surface area contributed by atoms with E-state index in [1.54, 1.807) is 24.3 Å². The number of nitrogens with zero attached hydrogens (tertiary/aromatic N) is 3. The van der Waals surface area contributed by atoms with Crippen LogP contribution in [0.5, 0.6) is 0 Å². The van der Waals surface area contributed by atoms with Crippen LogP contribution in [0, 0.1) is 0 Å². The fourth-order valence-electron chi connectivity index (χ4n) is 4.77. The van der Waals surface area contributed by atoms with Crippen molar-refractivity contribution in [2.75, 3.05) is 6.54 Å². The van der Waals surface area contributed by atoms with Crippen LogP contribution in [0.1, 0.15) is 69.3 Å². The molecule has 2 aliphatic rings. The number of nitrogens with one attached hydrogen (secondary N) is 1. The van der Waals surface area contributed by atoms with Crippen LogP contribution in [-0.4, -0.2) is 38.9 Å². The van der Waals surface area contributed by atoms with Crippen LogP contribution >= 0.6 is 0 Å². The normalized spacial score (nSPS) is 17.1. The highest BCUT2D eigenvalue weighted by Crippen LogP contribution is 2.30. The van der Waals surface area contributed by atoms with E-state index in [1.165, 1.54) is 16.2 Å². The van der Waals surface area contributed by atoms with Gasteiger partial charge in [-0.15, -0.1) is 0 Å². The molecular formula is C26H26N4O3. The summed E-state index contributed by atoms with van der Waals surface area (Å²) in [4.78, 5) is 38.8. The molecule has 1 aliphatic heterocycles. The Kier molecular flexibility index (Phi) is 5.77. The maximum Gasteiger partial charge on any atom is 0.261 e. The molecule has 2 aromatic carbocycles. The van der Waals surface area contributed by atoms with Gasteiger partial charge in [0.1, 0.15) is 0 Å². The van der Waals surface area contributed by atoms with Crippen molar-refractivity contribution < 1.29 is 14.4 Å². The van der Waals surface area contributed by atoms with E-state index in [-0.39, 0.29) is 36.7 Å². The van der Waals surface area contributed by atoms with Gasteiger partial charge in [0.15, 0.2) is 0 Å². The van der Waals surface area contributed by atoms with E-state index in [9.17, 15) is 14.4 Å². The smallest absolute Gasteiger partial charge is 0.261 e. The topological polar surface area (TPSA) is 84.3 Å². The van der Waals surface area contributed by atoms with Crippen molar-refractivity contribution in [2.45, 2.75) is 44.7 Å². The number of imide groups is 1. The standard InChI is InChI=1S/C26H26N4O3/c31-24(14-7-15-29-25(32)19-10-4-5-11-20(19)26(29)33)28-22-12-6-13-23-21(22)16-27-30(23)17-18-8-2-1-3-9-18/h1-5,8-11,16,22H,6-7,12-15,17H2,(H,28,31)/t22-/m0/s1. The zero-order chi connectivity index (χ0) is 22.8. The predicted molar refractivity (Wildman–Crippen MR) is 123 cm³/mol. The first-order valence-electron chi connectivity index (χ1n) is 11.4. The van der Waals surface area contributed by atoms with Gasteiger partial charge in [-0.2, -0.15) is 5.10 Å². The average molecular weight is 443 g/mol. The summed E-state index contributed by atoms with van der Waals surface area (Å²) in [6.07, 6.45) is 5.40. The van der Waals surface area contributed by atoms with Gasteiger partial charge in [-0.3, -0.25) is 24.0 Å². The molecule has 168 valence electrons. The molecule has 0 radical (unpaired) electrons. The van der Waals surface area contributed by atoms with Crippen molar-refractivity contribution in [3.63, 3.8) is 0 Å². The summed E-state index contributed by atoms with van der Waals surface area (Å²) in [5.74, 6) is -0.627. The molecule has 3 aromatic rings. The van der Waals surface area contributed by atoms with Gasteiger partial charge in [0.2, 0.25) is 5.91 Å². The first-order chi connectivity index (χ1) is 16.1. The molecule has 0 saturated heterocycles. The Morgan fingerprint density at radius 1 is 1.00 bits per heavy atom. The lowest BCUT2D eigenvalue weighted by molar-refractivity contribution is -0.122. The first-order valence-corrected chi connectivity index (χ1v) is 11.4. The Hall–Kier alpha value is -3.74. The van der Waals surface area contributed by atoms with Crippen molar-refractivity contribution in [1.82, 2.24) is 20.0 Å². The molecule has 1 N–H and O–H groups in total. The van der Waals surface area contributed by atoms with Crippen LogP contribution in [0.25, 0.3) is 0 Å². The minimum absolute atomic E-state index is 0.0509. The molecule has 7 nitrogen and oxygen atoms in total. The van der Waals surface area contributed by atoms with E-state index in [1.807, 2.05) is 29.1 Å². The number of fused-ring (bicyclic) bond motifs is 2. The number of amides is 3. The number of rotatable bonds is 7. The van der Waals surface area contributed by atoms with Crippen molar-refractivity contribution in [1.29, 1.82) is 0 Å². The molecule has 0 fully saturated rings. The van der Waals surface area contributed by atoms with Gasteiger partial charge < -0.3 is 5.32 Å². The highest BCUT2D eigenvalue weighted by Gasteiger charge is 2.34. The van der Waals surface area contributed by atoms with Gasteiger partial charge in [-0.25, -0.2) is 0 Å². The van der Waals surface area contributed by atoms with Crippen LogP contribution in [0.2, 0.25) is 0 Å². The first kappa shape index (κ1) is 21.1. The Balaban J connectivity index is 1.17. The van der Waals surface area contributed by atoms with Gasteiger partial charge in [0.25, 0.3) is 11.8 Å². The number of hydrogen-bond acceptors (Lipinski definition) is 4. The molecule has 0 bridgehead atoms. The van der Waals surface area contributed by atoms with Gasteiger partial charge in [-0.1, -0.05) is 42.5 Å². The lowest BCUT2D eigenvalue weighted by Gasteiger charge is -2.24. The van der Waals surface area contributed by atoms with E-state index in [4.69, 9.17) is 0 Å². The summed E-state index contributed by atoms with van der Waals surface area (Å²) in [6.45, 7) is 0.960. The second kappa shape index (κ2) is 9.02.